The van der Waals surface area contributed by atoms with Crippen LogP contribution in [0.1, 0.15) is 22.9 Å². The van der Waals surface area contributed by atoms with Gasteiger partial charge in [-0.25, -0.2) is 9.97 Å². The number of nitrogens with zero attached hydrogens (tertiary/aromatic N) is 4. The minimum atomic E-state index is -0.373. The lowest BCUT2D eigenvalue weighted by Gasteiger charge is -2.15. The van der Waals surface area contributed by atoms with Gasteiger partial charge in [-0.2, -0.15) is 0 Å². The van der Waals surface area contributed by atoms with Crippen LogP contribution < -0.4 is 11.3 Å². The van der Waals surface area contributed by atoms with Gasteiger partial charge in [-0.3, -0.25) is 4.79 Å². The molecule has 0 bridgehead atoms. The van der Waals surface area contributed by atoms with Crippen molar-refractivity contribution in [1.82, 2.24) is 19.1 Å². The van der Waals surface area contributed by atoms with E-state index in [0.29, 0.717) is 5.02 Å². The average molecular weight is 478 g/mol. The van der Waals surface area contributed by atoms with Crippen molar-refractivity contribution in [2.75, 3.05) is 0 Å². The van der Waals surface area contributed by atoms with E-state index in [9.17, 15) is 4.79 Å². The quantitative estimate of drug-likeness (QED) is 0.392. The fourth-order valence-corrected chi connectivity index (χ4v) is 4.49. The van der Waals surface area contributed by atoms with E-state index in [-0.39, 0.29) is 11.6 Å². The zero-order valence-corrected chi connectivity index (χ0v) is 20.1. The van der Waals surface area contributed by atoms with Crippen molar-refractivity contribution >= 4 is 34.0 Å². The number of fused-ring (bicyclic) bond motifs is 1. The normalized spacial score (nSPS) is 11.8. The van der Waals surface area contributed by atoms with Crippen molar-refractivity contribution in [2.45, 2.75) is 13.0 Å². The first kappa shape index (κ1) is 22.9. The van der Waals surface area contributed by atoms with Crippen molar-refractivity contribution in [3.63, 3.8) is 0 Å². The molecule has 4 heterocycles. The van der Waals surface area contributed by atoms with Crippen LogP contribution in [0.15, 0.2) is 77.4 Å². The summed E-state index contributed by atoms with van der Waals surface area (Å²) < 4.78 is 3.50. The van der Waals surface area contributed by atoms with Gasteiger partial charge in [0.05, 0.1) is 29.1 Å². The molecule has 168 valence electrons. The van der Waals surface area contributed by atoms with Gasteiger partial charge in [-0.1, -0.05) is 23.7 Å². The second-order valence-electron chi connectivity index (χ2n) is 7.80. The topological polar surface area (TPSA) is 78.7 Å². The van der Waals surface area contributed by atoms with Crippen LogP contribution in [0, 0.1) is 6.92 Å². The summed E-state index contributed by atoms with van der Waals surface area (Å²) in [6.07, 6.45) is 5.39. The Morgan fingerprint density at radius 2 is 1.85 bits per heavy atom. The predicted molar refractivity (Wildman–Crippen MR) is 136 cm³/mol. The Labute approximate surface area is 200 Å². The molecule has 0 aliphatic carbocycles. The van der Waals surface area contributed by atoms with E-state index in [1.54, 1.807) is 41.5 Å². The summed E-state index contributed by atoms with van der Waals surface area (Å²) in [6, 6.07) is 14.6. The van der Waals surface area contributed by atoms with E-state index >= 15 is 0 Å². The number of hydrogen-bond donors (Lipinski definition) is 1. The summed E-state index contributed by atoms with van der Waals surface area (Å²) in [5.41, 5.74) is 11.6. The molecule has 0 aliphatic rings. The molecule has 0 amide bonds. The first-order chi connectivity index (χ1) is 15.8. The summed E-state index contributed by atoms with van der Waals surface area (Å²) in [6.45, 7) is 2.04. The number of nitrogens with two attached hydrogens (primary N) is 1. The standard InChI is InChI=1S/C21H18ClN3OS.C4H6N2/c1-12-9-18(27-11-12)15-10-19(26)25(2)17-8-7-16(24-21(15)17)20(23)13-3-5-14(22)6-4-13;1-6-3-2-5-4-6/h3-11,20H,23H2,1-2H3;2-4H,1H3. The molecule has 0 aliphatic heterocycles. The predicted octanol–water partition coefficient (Wildman–Crippen LogP) is 5.09. The maximum absolute atomic E-state index is 12.4. The monoisotopic (exact) mass is 477 g/mol. The van der Waals surface area contributed by atoms with Crippen molar-refractivity contribution in [3.8, 4) is 10.4 Å². The lowest BCUT2D eigenvalue weighted by atomic mass is 10.0. The molecule has 0 saturated heterocycles. The molecule has 2 N–H and O–H groups in total. The summed E-state index contributed by atoms with van der Waals surface area (Å²) in [5, 5.41) is 2.74. The van der Waals surface area contributed by atoms with Gasteiger partial charge in [-0.05, 0) is 53.8 Å². The second-order valence-corrected chi connectivity index (χ2v) is 9.15. The van der Waals surface area contributed by atoms with E-state index in [2.05, 4.69) is 16.4 Å². The van der Waals surface area contributed by atoms with Crippen LogP contribution in [0.3, 0.4) is 0 Å². The maximum Gasteiger partial charge on any atom is 0.251 e. The zero-order valence-electron chi connectivity index (χ0n) is 18.6. The Morgan fingerprint density at radius 3 is 2.42 bits per heavy atom. The van der Waals surface area contributed by atoms with E-state index in [1.807, 2.05) is 61.1 Å². The first-order valence-corrected chi connectivity index (χ1v) is 11.6. The smallest absolute Gasteiger partial charge is 0.251 e. The number of pyridine rings is 2. The summed E-state index contributed by atoms with van der Waals surface area (Å²) in [7, 11) is 3.70. The summed E-state index contributed by atoms with van der Waals surface area (Å²) >= 11 is 7.59. The van der Waals surface area contributed by atoms with Crippen molar-refractivity contribution in [3.05, 3.63) is 105 Å². The Kier molecular flexibility index (Phi) is 6.74. The number of thiophene rings is 1. The molecule has 1 aromatic carbocycles. The fourth-order valence-electron chi connectivity index (χ4n) is 3.44. The molecular formula is C25H24ClN5OS. The van der Waals surface area contributed by atoms with Crippen LogP contribution >= 0.6 is 22.9 Å². The molecule has 0 fully saturated rings. The van der Waals surface area contributed by atoms with Gasteiger partial charge >= 0.3 is 0 Å². The van der Waals surface area contributed by atoms with E-state index < -0.39 is 0 Å². The number of halogens is 1. The second kappa shape index (κ2) is 9.70. The van der Waals surface area contributed by atoms with Gasteiger partial charge in [0.15, 0.2) is 0 Å². The fraction of sp³-hybridized carbons (Fsp3) is 0.160. The van der Waals surface area contributed by atoms with Crippen molar-refractivity contribution < 1.29 is 0 Å². The third kappa shape index (κ3) is 5.06. The third-order valence-corrected chi connectivity index (χ3v) is 6.62. The van der Waals surface area contributed by atoms with Crippen LogP contribution in [0.2, 0.25) is 5.02 Å². The number of rotatable bonds is 3. The van der Waals surface area contributed by atoms with Crippen LogP contribution in [0.25, 0.3) is 21.5 Å². The highest BCUT2D eigenvalue weighted by atomic mass is 35.5. The van der Waals surface area contributed by atoms with Gasteiger partial charge in [0.1, 0.15) is 0 Å². The molecule has 1 atom stereocenters. The molecule has 4 aromatic heterocycles. The number of hydrogen-bond acceptors (Lipinski definition) is 5. The molecule has 0 spiro atoms. The van der Waals surface area contributed by atoms with E-state index in [0.717, 1.165) is 38.3 Å². The highest BCUT2D eigenvalue weighted by Crippen LogP contribution is 2.32. The SMILES string of the molecule is Cc1csc(-c2cc(=O)n(C)c3ccc(C(N)c4ccc(Cl)cc4)nc23)c1.Cn1ccnc1. The number of aromatic nitrogens is 4. The summed E-state index contributed by atoms with van der Waals surface area (Å²) in [4.78, 5) is 22.1. The maximum atomic E-state index is 12.4. The number of imidazole rings is 1. The number of aryl methyl sites for hydroxylation is 3. The largest absolute Gasteiger partial charge is 0.341 e. The Balaban J connectivity index is 0.000000376. The molecule has 33 heavy (non-hydrogen) atoms. The third-order valence-electron chi connectivity index (χ3n) is 5.29. The molecule has 5 aromatic rings. The van der Waals surface area contributed by atoms with E-state index in [4.69, 9.17) is 22.3 Å². The molecular weight excluding hydrogens is 454 g/mol. The average Bonchev–Trinajstić information content (AvgIpc) is 3.47. The molecule has 5 rings (SSSR count). The van der Waals surface area contributed by atoms with Gasteiger partial charge in [0.25, 0.3) is 5.56 Å². The van der Waals surface area contributed by atoms with Crippen molar-refractivity contribution in [2.24, 2.45) is 19.8 Å². The Morgan fingerprint density at radius 1 is 1.09 bits per heavy atom. The van der Waals surface area contributed by atoms with Gasteiger partial charge in [0.2, 0.25) is 0 Å². The van der Waals surface area contributed by atoms with Gasteiger partial charge in [0, 0.05) is 48.0 Å². The number of benzene rings is 1. The Hall–Kier alpha value is -3.26. The molecule has 0 radical (unpaired) electrons. The lowest BCUT2D eigenvalue weighted by Crippen LogP contribution is -2.18. The highest BCUT2D eigenvalue weighted by Gasteiger charge is 2.16. The lowest BCUT2D eigenvalue weighted by molar-refractivity contribution is 0.831. The van der Waals surface area contributed by atoms with Crippen LogP contribution in [-0.2, 0) is 14.1 Å². The molecule has 6 nitrogen and oxygen atoms in total. The molecule has 1 unspecified atom stereocenters. The van der Waals surface area contributed by atoms with Gasteiger partial charge < -0.3 is 14.9 Å². The van der Waals surface area contributed by atoms with Crippen LogP contribution in [0.4, 0.5) is 0 Å². The minimum absolute atomic E-state index is 0.0555. The Bertz CT molecular complexity index is 1440. The first-order valence-electron chi connectivity index (χ1n) is 10.3. The minimum Gasteiger partial charge on any atom is -0.341 e. The summed E-state index contributed by atoms with van der Waals surface area (Å²) in [5.74, 6) is 0. The van der Waals surface area contributed by atoms with E-state index in [1.165, 1.54) is 0 Å². The van der Waals surface area contributed by atoms with Crippen LogP contribution in [0.5, 0.6) is 0 Å². The zero-order chi connectivity index (χ0) is 23.5. The van der Waals surface area contributed by atoms with Crippen LogP contribution in [-0.4, -0.2) is 19.1 Å². The van der Waals surface area contributed by atoms with Crippen molar-refractivity contribution in [1.29, 1.82) is 0 Å². The van der Waals surface area contributed by atoms with Gasteiger partial charge in [-0.15, -0.1) is 11.3 Å². The molecule has 8 heteroatoms. The molecule has 0 saturated carbocycles. The highest BCUT2D eigenvalue weighted by molar-refractivity contribution is 7.13.